The first-order valence-corrected chi connectivity index (χ1v) is 8.08. The first-order valence-electron chi connectivity index (χ1n) is 8.08. The highest BCUT2D eigenvalue weighted by molar-refractivity contribution is 5.80. The van der Waals surface area contributed by atoms with E-state index in [-0.39, 0.29) is 0 Å². The van der Waals surface area contributed by atoms with Crippen LogP contribution in [0.25, 0.3) is 0 Å². The Kier molecular flexibility index (Phi) is 3.63. The van der Waals surface area contributed by atoms with Crippen LogP contribution in [0.2, 0.25) is 0 Å². The molecule has 2 saturated carbocycles. The summed E-state index contributed by atoms with van der Waals surface area (Å²) in [4.78, 5) is 14.9. The molecular formula is C16H27NO. The number of carbonyl (C=O) groups excluding carboxylic acids is 1. The van der Waals surface area contributed by atoms with Gasteiger partial charge in [0.05, 0.1) is 0 Å². The minimum atomic E-state index is 0.396. The van der Waals surface area contributed by atoms with Crippen LogP contribution in [-0.4, -0.2) is 23.4 Å². The molecule has 0 spiro atoms. The maximum absolute atomic E-state index is 12.6. The molecule has 2 nitrogen and oxygen atoms in total. The van der Waals surface area contributed by atoms with Gasteiger partial charge in [-0.3, -0.25) is 4.79 Å². The van der Waals surface area contributed by atoms with Crippen molar-refractivity contribution < 1.29 is 4.79 Å². The minimum Gasteiger partial charge on any atom is -0.339 e. The summed E-state index contributed by atoms with van der Waals surface area (Å²) < 4.78 is 0. The number of hydrogen-bond acceptors (Lipinski definition) is 1. The number of unbranched alkanes of at least 4 members (excludes halogenated alkanes) is 3. The van der Waals surface area contributed by atoms with Crippen molar-refractivity contribution in [3.05, 3.63) is 0 Å². The molecule has 2 heterocycles. The van der Waals surface area contributed by atoms with Crippen LogP contribution >= 0.6 is 0 Å². The Morgan fingerprint density at radius 3 is 2.39 bits per heavy atom. The largest absolute Gasteiger partial charge is 0.339 e. The van der Waals surface area contributed by atoms with E-state index in [2.05, 4.69) is 11.8 Å². The molecule has 0 aromatic rings. The molecule has 4 rings (SSSR count). The standard InChI is InChI=1S/C16H27NO/c1-2-3-4-5-6-17-15-10-12-7-13(11-15)9-14(8-12)16(17)18/h12-15H,2-11H2,1H3. The van der Waals surface area contributed by atoms with E-state index >= 15 is 0 Å². The normalized spacial score (nSPS) is 38.3. The molecule has 2 aliphatic carbocycles. The zero-order chi connectivity index (χ0) is 12.5. The van der Waals surface area contributed by atoms with Gasteiger partial charge in [-0.05, 0) is 50.4 Å². The fraction of sp³-hybridized carbons (Fsp3) is 0.938. The molecule has 2 aliphatic heterocycles. The lowest BCUT2D eigenvalue weighted by atomic mass is 9.68. The summed E-state index contributed by atoms with van der Waals surface area (Å²) in [5.74, 6) is 2.66. The summed E-state index contributed by atoms with van der Waals surface area (Å²) in [6, 6.07) is 0.607. The fourth-order valence-electron chi connectivity index (χ4n) is 4.69. The Morgan fingerprint density at radius 1 is 1.00 bits per heavy atom. The van der Waals surface area contributed by atoms with Gasteiger partial charge in [0.25, 0.3) is 0 Å². The molecule has 4 fully saturated rings. The van der Waals surface area contributed by atoms with Gasteiger partial charge in [0, 0.05) is 18.5 Å². The van der Waals surface area contributed by atoms with Crippen LogP contribution in [-0.2, 0) is 4.79 Å². The second-order valence-corrected chi connectivity index (χ2v) is 6.85. The van der Waals surface area contributed by atoms with Crippen LogP contribution in [0, 0.1) is 17.8 Å². The third-order valence-corrected chi connectivity index (χ3v) is 5.44. The molecule has 1 amide bonds. The molecule has 4 bridgehead atoms. The summed E-state index contributed by atoms with van der Waals surface area (Å²) >= 11 is 0. The summed E-state index contributed by atoms with van der Waals surface area (Å²) in [5.41, 5.74) is 0. The summed E-state index contributed by atoms with van der Waals surface area (Å²) in [6.45, 7) is 3.29. The molecule has 18 heavy (non-hydrogen) atoms. The van der Waals surface area contributed by atoms with Crippen molar-refractivity contribution >= 4 is 5.91 Å². The van der Waals surface area contributed by atoms with Gasteiger partial charge in [0.15, 0.2) is 0 Å². The Hall–Kier alpha value is -0.530. The molecule has 2 heteroatoms. The molecule has 0 N–H and O–H groups in total. The lowest BCUT2D eigenvalue weighted by Crippen LogP contribution is -2.41. The van der Waals surface area contributed by atoms with Gasteiger partial charge in [0.1, 0.15) is 0 Å². The van der Waals surface area contributed by atoms with E-state index in [9.17, 15) is 4.79 Å². The van der Waals surface area contributed by atoms with Crippen molar-refractivity contribution in [3.8, 4) is 0 Å². The highest BCUT2D eigenvalue weighted by atomic mass is 16.2. The summed E-state index contributed by atoms with van der Waals surface area (Å²) in [7, 11) is 0. The van der Waals surface area contributed by atoms with Crippen molar-refractivity contribution in [2.75, 3.05) is 6.54 Å². The molecule has 102 valence electrons. The van der Waals surface area contributed by atoms with Crippen molar-refractivity contribution in [3.63, 3.8) is 0 Å². The molecule has 4 aliphatic rings. The molecule has 0 aromatic carbocycles. The third kappa shape index (κ3) is 2.31. The van der Waals surface area contributed by atoms with Gasteiger partial charge in [-0.2, -0.15) is 0 Å². The van der Waals surface area contributed by atoms with Crippen LogP contribution in [0.1, 0.15) is 64.7 Å². The Morgan fingerprint density at radius 2 is 1.72 bits per heavy atom. The molecule has 0 radical (unpaired) electrons. The lowest BCUT2D eigenvalue weighted by molar-refractivity contribution is -0.136. The van der Waals surface area contributed by atoms with Crippen LogP contribution in [0.4, 0.5) is 0 Å². The highest BCUT2D eigenvalue weighted by Gasteiger charge is 2.46. The summed E-state index contributed by atoms with van der Waals surface area (Å²) in [5, 5.41) is 0. The third-order valence-electron chi connectivity index (χ3n) is 5.44. The van der Waals surface area contributed by atoms with Gasteiger partial charge in [0.2, 0.25) is 5.91 Å². The maximum atomic E-state index is 12.6. The number of amides is 1. The fourth-order valence-corrected chi connectivity index (χ4v) is 4.69. The Bertz CT molecular complexity index is 300. The zero-order valence-corrected chi connectivity index (χ0v) is 11.7. The topological polar surface area (TPSA) is 20.3 Å². The van der Waals surface area contributed by atoms with Crippen LogP contribution in [0.15, 0.2) is 0 Å². The van der Waals surface area contributed by atoms with E-state index in [0.29, 0.717) is 17.9 Å². The molecular weight excluding hydrogens is 222 g/mol. The van der Waals surface area contributed by atoms with Crippen LogP contribution in [0.3, 0.4) is 0 Å². The van der Waals surface area contributed by atoms with Gasteiger partial charge in [-0.1, -0.05) is 26.2 Å². The average Bonchev–Trinajstić information content (AvgIpc) is 2.49. The Labute approximate surface area is 111 Å². The molecule has 2 saturated heterocycles. The predicted molar refractivity (Wildman–Crippen MR) is 73.2 cm³/mol. The van der Waals surface area contributed by atoms with Gasteiger partial charge < -0.3 is 4.90 Å². The molecule has 2 atom stereocenters. The van der Waals surface area contributed by atoms with Crippen LogP contribution in [0.5, 0.6) is 0 Å². The smallest absolute Gasteiger partial charge is 0.225 e. The minimum absolute atomic E-state index is 0.396. The second-order valence-electron chi connectivity index (χ2n) is 6.85. The van der Waals surface area contributed by atoms with Gasteiger partial charge in [-0.15, -0.1) is 0 Å². The number of carbonyl (C=O) groups is 1. The van der Waals surface area contributed by atoms with E-state index in [1.165, 1.54) is 57.8 Å². The van der Waals surface area contributed by atoms with E-state index < -0.39 is 0 Å². The second kappa shape index (κ2) is 5.22. The number of rotatable bonds is 5. The van der Waals surface area contributed by atoms with E-state index in [1.54, 1.807) is 0 Å². The van der Waals surface area contributed by atoms with Crippen molar-refractivity contribution in [1.82, 2.24) is 4.90 Å². The quantitative estimate of drug-likeness (QED) is 0.682. The van der Waals surface area contributed by atoms with Crippen molar-refractivity contribution in [2.45, 2.75) is 70.8 Å². The molecule has 0 aromatic heterocycles. The van der Waals surface area contributed by atoms with E-state index in [0.717, 1.165) is 18.4 Å². The van der Waals surface area contributed by atoms with Crippen molar-refractivity contribution in [1.29, 1.82) is 0 Å². The van der Waals surface area contributed by atoms with Crippen molar-refractivity contribution in [2.24, 2.45) is 17.8 Å². The Balaban J connectivity index is 1.64. The average molecular weight is 249 g/mol. The highest BCUT2D eigenvalue weighted by Crippen LogP contribution is 2.47. The maximum Gasteiger partial charge on any atom is 0.225 e. The lowest BCUT2D eigenvalue weighted by Gasteiger charge is -2.38. The number of fused-ring (bicyclic) bond motifs is 1. The first kappa shape index (κ1) is 12.5. The van der Waals surface area contributed by atoms with Crippen LogP contribution < -0.4 is 0 Å². The van der Waals surface area contributed by atoms with E-state index in [1.807, 2.05) is 0 Å². The summed E-state index contributed by atoms with van der Waals surface area (Å²) in [6.07, 6.45) is 11.6. The number of nitrogens with zero attached hydrogens (tertiary/aromatic N) is 1. The SMILES string of the molecule is CCCCCCN1C(=O)C2CC3CC(C2)CC1C3. The monoisotopic (exact) mass is 249 g/mol. The van der Waals surface area contributed by atoms with E-state index in [4.69, 9.17) is 0 Å². The predicted octanol–water partition coefficient (Wildman–Crippen LogP) is 3.60. The first-order chi connectivity index (χ1) is 8.78. The molecule has 2 unspecified atom stereocenters. The van der Waals surface area contributed by atoms with Gasteiger partial charge in [-0.25, -0.2) is 0 Å². The number of hydrogen-bond donors (Lipinski definition) is 0. The van der Waals surface area contributed by atoms with Gasteiger partial charge >= 0.3 is 0 Å². The zero-order valence-electron chi connectivity index (χ0n) is 11.7.